The maximum atomic E-state index is 7.96. The van der Waals surface area contributed by atoms with Crippen molar-refractivity contribution in [3.63, 3.8) is 0 Å². The maximum Gasteiger partial charge on any atom is 0.262 e. The van der Waals surface area contributed by atoms with Gasteiger partial charge in [0, 0.05) is 12.4 Å². The van der Waals surface area contributed by atoms with Crippen molar-refractivity contribution in [3.8, 4) is 5.88 Å². The number of hydrogen-bond acceptors (Lipinski definition) is 5. The first-order chi connectivity index (χ1) is 23.3. The molecule has 1 aromatic heterocycles. The highest BCUT2D eigenvalue weighted by Gasteiger charge is 2.54. The van der Waals surface area contributed by atoms with Gasteiger partial charge in [-0.3, -0.25) is 4.98 Å². The van der Waals surface area contributed by atoms with Crippen molar-refractivity contribution >= 4 is 30.5 Å². The molecule has 6 heteroatoms. The summed E-state index contributed by atoms with van der Waals surface area (Å²) in [7, 11) is -3.03. The van der Waals surface area contributed by atoms with E-state index in [2.05, 4.69) is 189 Å². The van der Waals surface area contributed by atoms with Crippen molar-refractivity contribution in [2.24, 2.45) is 0 Å². The summed E-state index contributed by atoms with van der Waals surface area (Å²) in [4.78, 5) is 8.79. The van der Waals surface area contributed by atoms with E-state index in [0.29, 0.717) is 5.88 Å². The van der Waals surface area contributed by atoms with Crippen molar-refractivity contribution < 1.29 is 9.16 Å². The van der Waals surface area contributed by atoms with Crippen LogP contribution in [-0.2, 0) is 9.17 Å². The quantitative estimate of drug-likeness (QED) is 0.0742. The van der Waals surface area contributed by atoms with E-state index in [9.17, 15) is 0 Å². The molecule has 1 heterocycles. The average Bonchev–Trinajstić information content (AvgIpc) is 3.13. The number of aromatic nitrogens is 2. The Balaban J connectivity index is 1.61. The summed E-state index contributed by atoms with van der Waals surface area (Å²) >= 11 is 1.80. The average molecular weight is 667 g/mol. The molecule has 0 bridgehead atoms. The van der Waals surface area contributed by atoms with Gasteiger partial charge in [-0.25, -0.2) is 4.98 Å². The minimum absolute atomic E-state index is 0.240. The van der Waals surface area contributed by atoms with Gasteiger partial charge < -0.3 is 9.16 Å². The Bertz CT molecular complexity index is 1700. The Hall–Kier alpha value is -4.49. The fourth-order valence-corrected chi connectivity index (χ4v) is 13.2. The van der Waals surface area contributed by atoms with Gasteiger partial charge in [0.15, 0.2) is 0 Å². The molecule has 4 nitrogen and oxygen atoms in total. The predicted octanol–water partition coefficient (Wildman–Crippen LogP) is 8.87. The van der Waals surface area contributed by atoms with Gasteiger partial charge >= 0.3 is 0 Å². The third-order valence-corrected chi connectivity index (χ3v) is 15.7. The Morgan fingerprint density at radius 3 is 1.38 bits per heavy atom. The SMILES string of the molecule is C[C@H](Oc1cnccn1)[C@@H](O[Si](c1ccccc1)(c1ccccc1)C(C)(C)C)SC(c1ccccc1)(c1ccccc1)c1ccccc1. The molecule has 0 amide bonds. The van der Waals surface area contributed by atoms with Crippen LogP contribution in [0.25, 0.3) is 0 Å². The van der Waals surface area contributed by atoms with Crippen LogP contribution in [-0.4, -0.2) is 29.8 Å². The lowest BCUT2D eigenvalue weighted by atomic mass is 9.84. The van der Waals surface area contributed by atoms with E-state index < -0.39 is 24.6 Å². The van der Waals surface area contributed by atoms with E-state index in [-0.39, 0.29) is 5.04 Å². The van der Waals surface area contributed by atoms with Gasteiger partial charge in [0.1, 0.15) is 11.5 Å². The number of thioether (sulfide) groups is 1. The molecule has 0 spiro atoms. The number of benzene rings is 5. The molecule has 0 N–H and O–H groups in total. The molecule has 0 radical (unpaired) electrons. The second kappa shape index (κ2) is 14.7. The maximum absolute atomic E-state index is 7.96. The van der Waals surface area contributed by atoms with E-state index in [4.69, 9.17) is 9.16 Å². The van der Waals surface area contributed by atoms with E-state index in [1.807, 2.05) is 0 Å². The summed E-state index contributed by atoms with van der Waals surface area (Å²) < 4.78 is 14.0. The van der Waals surface area contributed by atoms with Crippen molar-refractivity contribution in [3.05, 3.63) is 187 Å². The van der Waals surface area contributed by atoms with Gasteiger partial charge in [-0.05, 0) is 39.0 Å². The van der Waals surface area contributed by atoms with Crippen LogP contribution < -0.4 is 15.1 Å². The van der Waals surface area contributed by atoms with Gasteiger partial charge in [0.2, 0.25) is 5.88 Å². The monoisotopic (exact) mass is 666 g/mol. The fourth-order valence-electron chi connectivity index (χ4n) is 6.57. The molecule has 2 atom stereocenters. The molecule has 0 aliphatic carbocycles. The highest BCUT2D eigenvalue weighted by atomic mass is 32.2. The van der Waals surface area contributed by atoms with E-state index >= 15 is 0 Å². The minimum Gasteiger partial charge on any atom is -0.470 e. The molecule has 242 valence electrons. The van der Waals surface area contributed by atoms with Crippen LogP contribution in [0.2, 0.25) is 5.04 Å². The molecule has 6 rings (SSSR count). The second-order valence-corrected chi connectivity index (χ2v) is 18.5. The van der Waals surface area contributed by atoms with Gasteiger partial charge in [-0.2, -0.15) is 0 Å². The van der Waals surface area contributed by atoms with Crippen LogP contribution in [0.4, 0.5) is 0 Å². The fraction of sp³-hybridized carbons (Fsp3) is 0.190. The van der Waals surface area contributed by atoms with Gasteiger partial charge in [0.25, 0.3) is 8.32 Å². The highest BCUT2D eigenvalue weighted by molar-refractivity contribution is 8.01. The molecule has 0 aliphatic rings. The van der Waals surface area contributed by atoms with Crippen LogP contribution >= 0.6 is 11.8 Å². The van der Waals surface area contributed by atoms with Crippen LogP contribution in [0.15, 0.2) is 170 Å². The number of hydrogen-bond donors (Lipinski definition) is 0. The topological polar surface area (TPSA) is 44.2 Å². The third kappa shape index (κ3) is 6.74. The van der Waals surface area contributed by atoms with Crippen molar-refractivity contribution in [1.29, 1.82) is 0 Å². The lowest BCUT2D eigenvalue weighted by Gasteiger charge is -2.48. The van der Waals surface area contributed by atoms with E-state index in [1.54, 1.807) is 30.4 Å². The van der Waals surface area contributed by atoms with Gasteiger partial charge in [-0.15, -0.1) is 11.8 Å². The molecule has 0 saturated heterocycles. The van der Waals surface area contributed by atoms with Crippen molar-refractivity contribution in [1.82, 2.24) is 9.97 Å². The first-order valence-electron chi connectivity index (χ1n) is 16.4. The number of rotatable bonds is 12. The van der Waals surface area contributed by atoms with E-state index in [1.165, 1.54) is 10.4 Å². The smallest absolute Gasteiger partial charge is 0.262 e. The zero-order valence-corrected chi connectivity index (χ0v) is 29.8. The normalized spacial score (nSPS) is 13.4. The lowest BCUT2D eigenvalue weighted by molar-refractivity contribution is 0.109. The summed E-state index contributed by atoms with van der Waals surface area (Å²) in [6.07, 6.45) is 4.58. The molecular formula is C42H42N2O2SSi. The summed E-state index contributed by atoms with van der Waals surface area (Å²) in [6, 6.07) is 53.9. The molecule has 0 aliphatic heterocycles. The standard InChI is InChI=1S/C42H42N2O2SSi/c1-33(45-39-32-43-30-31-44-39)40(46-48(41(2,3)4,37-26-16-8-17-27-37)38-28-18-9-19-29-38)47-42(34-20-10-5-11-21-34,35-22-12-6-13-23-35)36-24-14-7-15-25-36/h5-33,40H,1-4H3/t33-,40-/m0/s1. The highest BCUT2D eigenvalue weighted by Crippen LogP contribution is 2.52. The van der Waals surface area contributed by atoms with E-state index in [0.717, 1.165) is 16.7 Å². The second-order valence-electron chi connectivity index (χ2n) is 12.9. The van der Waals surface area contributed by atoms with Crippen molar-refractivity contribution in [2.45, 2.75) is 49.0 Å². The number of nitrogens with zero attached hydrogens (tertiary/aromatic N) is 2. The molecule has 48 heavy (non-hydrogen) atoms. The first kappa shape index (κ1) is 33.4. The Morgan fingerprint density at radius 2 is 1.00 bits per heavy atom. The molecular weight excluding hydrogens is 625 g/mol. The Morgan fingerprint density at radius 1 is 0.583 bits per heavy atom. The zero-order valence-electron chi connectivity index (χ0n) is 27.9. The molecule has 6 aromatic rings. The third-order valence-electron chi connectivity index (χ3n) is 8.77. The summed E-state index contributed by atoms with van der Waals surface area (Å²) in [5.74, 6) is 0.464. The largest absolute Gasteiger partial charge is 0.470 e. The molecule has 0 fully saturated rings. The van der Waals surface area contributed by atoms with Crippen LogP contribution in [0.5, 0.6) is 5.88 Å². The Kier molecular flexibility index (Phi) is 10.3. The molecule has 0 unspecified atom stereocenters. The van der Waals surface area contributed by atoms with Crippen LogP contribution in [0, 0.1) is 0 Å². The minimum atomic E-state index is -3.03. The van der Waals surface area contributed by atoms with Gasteiger partial charge in [0.05, 0.1) is 10.9 Å². The number of ether oxygens (including phenoxy) is 1. The first-order valence-corrected chi connectivity index (χ1v) is 19.2. The van der Waals surface area contributed by atoms with Crippen LogP contribution in [0.3, 0.4) is 0 Å². The van der Waals surface area contributed by atoms with Crippen molar-refractivity contribution in [2.75, 3.05) is 0 Å². The molecule has 0 saturated carbocycles. The zero-order chi connectivity index (χ0) is 33.5. The lowest BCUT2D eigenvalue weighted by Crippen LogP contribution is -2.68. The molecule has 5 aromatic carbocycles. The predicted molar refractivity (Wildman–Crippen MR) is 201 cm³/mol. The van der Waals surface area contributed by atoms with Gasteiger partial charge in [-0.1, -0.05) is 172 Å². The summed E-state index contributed by atoms with van der Waals surface area (Å²) in [5, 5.41) is 2.19. The Labute approximate surface area is 290 Å². The summed E-state index contributed by atoms with van der Waals surface area (Å²) in [6.45, 7) is 9.03. The summed E-state index contributed by atoms with van der Waals surface area (Å²) in [5.41, 5.74) is 3.03. The van der Waals surface area contributed by atoms with Crippen LogP contribution in [0.1, 0.15) is 44.4 Å².